The van der Waals surface area contributed by atoms with Gasteiger partial charge in [0.2, 0.25) is 0 Å². The number of nitrogens with zero attached hydrogens (tertiary/aromatic N) is 2. The molecule has 0 fully saturated rings. The first kappa shape index (κ1) is 5.94. The molecule has 0 spiro atoms. The van der Waals surface area contributed by atoms with Crippen molar-refractivity contribution in [1.82, 2.24) is 4.98 Å². The Morgan fingerprint density at radius 3 is 2.56 bits per heavy atom. The SMILES string of the molecule is CN(C)c1nc(N)co1. The van der Waals surface area contributed by atoms with Crippen LogP contribution in [0.3, 0.4) is 0 Å². The van der Waals surface area contributed by atoms with Gasteiger partial charge in [-0.15, -0.1) is 0 Å². The van der Waals surface area contributed by atoms with Crippen molar-refractivity contribution in [3.63, 3.8) is 0 Å². The molecular weight excluding hydrogens is 118 g/mol. The van der Waals surface area contributed by atoms with Crippen LogP contribution in [-0.2, 0) is 0 Å². The summed E-state index contributed by atoms with van der Waals surface area (Å²) in [6.07, 6.45) is 1.41. The fraction of sp³-hybridized carbons (Fsp3) is 0.400. The molecule has 0 bridgehead atoms. The van der Waals surface area contributed by atoms with Crippen LogP contribution < -0.4 is 10.6 Å². The van der Waals surface area contributed by atoms with E-state index in [2.05, 4.69) is 4.98 Å². The Morgan fingerprint density at radius 1 is 1.67 bits per heavy atom. The molecule has 9 heavy (non-hydrogen) atoms. The maximum Gasteiger partial charge on any atom is 0.298 e. The van der Waals surface area contributed by atoms with Gasteiger partial charge in [0, 0.05) is 14.1 Å². The molecule has 0 atom stereocenters. The van der Waals surface area contributed by atoms with Gasteiger partial charge in [0.05, 0.1) is 0 Å². The van der Waals surface area contributed by atoms with Gasteiger partial charge < -0.3 is 15.1 Å². The molecule has 0 aliphatic carbocycles. The number of oxazole rings is 1. The third-order valence-electron chi connectivity index (χ3n) is 0.892. The quantitative estimate of drug-likeness (QED) is 0.590. The zero-order valence-electron chi connectivity index (χ0n) is 5.46. The molecule has 1 rings (SSSR count). The molecule has 0 saturated carbocycles. The van der Waals surface area contributed by atoms with Gasteiger partial charge in [0.15, 0.2) is 5.82 Å². The van der Waals surface area contributed by atoms with Crippen molar-refractivity contribution < 1.29 is 4.42 Å². The monoisotopic (exact) mass is 127 g/mol. The van der Waals surface area contributed by atoms with Gasteiger partial charge in [-0.05, 0) is 0 Å². The lowest BCUT2D eigenvalue weighted by molar-refractivity contribution is 0.556. The Kier molecular flexibility index (Phi) is 1.30. The van der Waals surface area contributed by atoms with Gasteiger partial charge in [-0.25, -0.2) is 0 Å². The van der Waals surface area contributed by atoms with Crippen molar-refractivity contribution in [2.45, 2.75) is 0 Å². The first-order chi connectivity index (χ1) is 4.20. The summed E-state index contributed by atoms with van der Waals surface area (Å²) in [5.41, 5.74) is 5.28. The van der Waals surface area contributed by atoms with Gasteiger partial charge in [0.1, 0.15) is 6.26 Å². The van der Waals surface area contributed by atoms with E-state index in [9.17, 15) is 0 Å². The molecule has 0 aliphatic heterocycles. The van der Waals surface area contributed by atoms with Crippen molar-refractivity contribution in [1.29, 1.82) is 0 Å². The van der Waals surface area contributed by atoms with Crippen LogP contribution in [0.5, 0.6) is 0 Å². The lowest BCUT2D eigenvalue weighted by Crippen LogP contribution is -2.08. The second-order valence-corrected chi connectivity index (χ2v) is 1.95. The zero-order valence-corrected chi connectivity index (χ0v) is 5.46. The second-order valence-electron chi connectivity index (χ2n) is 1.95. The van der Waals surface area contributed by atoms with E-state index in [0.717, 1.165) is 0 Å². The van der Waals surface area contributed by atoms with Crippen molar-refractivity contribution in [2.75, 3.05) is 24.7 Å². The van der Waals surface area contributed by atoms with Crippen LogP contribution in [0, 0.1) is 0 Å². The van der Waals surface area contributed by atoms with E-state index in [4.69, 9.17) is 10.2 Å². The predicted octanol–water partition coefficient (Wildman–Crippen LogP) is 0.323. The highest BCUT2D eigenvalue weighted by atomic mass is 16.4. The molecule has 0 unspecified atom stereocenters. The van der Waals surface area contributed by atoms with E-state index < -0.39 is 0 Å². The molecule has 4 nitrogen and oxygen atoms in total. The highest BCUT2D eigenvalue weighted by Crippen LogP contribution is 2.10. The molecule has 0 saturated heterocycles. The molecule has 1 heterocycles. The molecule has 1 aromatic rings. The standard InChI is InChI=1S/C5H9N3O/c1-8(2)5-7-4(6)3-9-5/h3H,6H2,1-2H3. The topological polar surface area (TPSA) is 55.3 Å². The van der Waals surface area contributed by atoms with Crippen molar-refractivity contribution in [3.8, 4) is 0 Å². The van der Waals surface area contributed by atoms with Gasteiger partial charge >= 0.3 is 0 Å². The summed E-state index contributed by atoms with van der Waals surface area (Å²) in [6, 6.07) is 0.535. The normalized spacial score (nSPS) is 9.56. The zero-order chi connectivity index (χ0) is 6.85. The van der Waals surface area contributed by atoms with Gasteiger partial charge in [-0.1, -0.05) is 0 Å². The molecular formula is C5H9N3O. The fourth-order valence-corrected chi connectivity index (χ4v) is 0.482. The Morgan fingerprint density at radius 2 is 2.33 bits per heavy atom. The Labute approximate surface area is 53.3 Å². The summed E-state index contributed by atoms with van der Waals surface area (Å²) in [6.45, 7) is 0. The number of anilines is 2. The molecule has 0 amide bonds. The summed E-state index contributed by atoms with van der Waals surface area (Å²) in [4.78, 5) is 5.59. The molecule has 50 valence electrons. The van der Waals surface area contributed by atoms with Gasteiger partial charge in [0.25, 0.3) is 6.01 Å². The van der Waals surface area contributed by atoms with Crippen LogP contribution in [0.15, 0.2) is 10.7 Å². The van der Waals surface area contributed by atoms with Crippen LogP contribution in [0.2, 0.25) is 0 Å². The van der Waals surface area contributed by atoms with E-state index in [-0.39, 0.29) is 0 Å². The Bertz CT molecular complexity index is 194. The summed E-state index contributed by atoms with van der Waals surface area (Å²) in [7, 11) is 3.68. The minimum atomic E-state index is 0.415. The third kappa shape index (κ3) is 1.13. The first-order valence-corrected chi connectivity index (χ1v) is 2.58. The van der Waals surface area contributed by atoms with E-state index >= 15 is 0 Å². The largest absolute Gasteiger partial charge is 0.430 e. The smallest absolute Gasteiger partial charge is 0.298 e. The first-order valence-electron chi connectivity index (χ1n) is 2.58. The molecule has 4 heteroatoms. The predicted molar refractivity (Wildman–Crippen MR) is 35.2 cm³/mol. The summed E-state index contributed by atoms with van der Waals surface area (Å²) in [5.74, 6) is 0.415. The molecule has 1 aromatic heterocycles. The van der Waals surface area contributed by atoms with Crippen molar-refractivity contribution in [2.24, 2.45) is 0 Å². The number of rotatable bonds is 1. The van der Waals surface area contributed by atoms with Crippen LogP contribution in [0.25, 0.3) is 0 Å². The van der Waals surface area contributed by atoms with Crippen molar-refractivity contribution in [3.05, 3.63) is 6.26 Å². The summed E-state index contributed by atoms with van der Waals surface area (Å²) in [5, 5.41) is 0. The highest BCUT2D eigenvalue weighted by molar-refractivity contribution is 5.33. The fourth-order valence-electron chi connectivity index (χ4n) is 0.482. The molecule has 0 radical (unpaired) electrons. The average Bonchev–Trinajstić information content (AvgIpc) is 2.14. The van der Waals surface area contributed by atoms with Crippen LogP contribution in [-0.4, -0.2) is 19.1 Å². The van der Waals surface area contributed by atoms with Crippen LogP contribution >= 0.6 is 0 Å². The van der Waals surface area contributed by atoms with Crippen LogP contribution in [0.4, 0.5) is 11.8 Å². The number of aromatic nitrogens is 1. The second kappa shape index (κ2) is 1.97. The number of hydrogen-bond donors (Lipinski definition) is 1. The van der Waals surface area contributed by atoms with E-state index in [0.29, 0.717) is 11.8 Å². The maximum atomic E-state index is 5.28. The van der Waals surface area contributed by atoms with E-state index in [1.165, 1.54) is 6.26 Å². The Balaban J connectivity index is 2.85. The number of hydrogen-bond acceptors (Lipinski definition) is 4. The van der Waals surface area contributed by atoms with E-state index in [1.54, 1.807) is 4.90 Å². The average molecular weight is 127 g/mol. The maximum absolute atomic E-state index is 5.28. The highest BCUT2D eigenvalue weighted by Gasteiger charge is 2.00. The molecule has 0 aromatic carbocycles. The van der Waals surface area contributed by atoms with E-state index in [1.807, 2.05) is 14.1 Å². The number of nitrogens with two attached hydrogens (primary N) is 1. The van der Waals surface area contributed by atoms with Crippen molar-refractivity contribution >= 4 is 11.8 Å². The molecule has 0 aliphatic rings. The van der Waals surface area contributed by atoms with Gasteiger partial charge in [-0.3, -0.25) is 0 Å². The third-order valence-corrected chi connectivity index (χ3v) is 0.892. The van der Waals surface area contributed by atoms with Gasteiger partial charge in [-0.2, -0.15) is 4.98 Å². The summed E-state index contributed by atoms with van der Waals surface area (Å²) < 4.78 is 4.92. The number of nitrogen functional groups attached to an aromatic ring is 1. The lowest BCUT2D eigenvalue weighted by atomic mass is 10.8. The minimum Gasteiger partial charge on any atom is -0.430 e. The minimum absolute atomic E-state index is 0.415. The summed E-state index contributed by atoms with van der Waals surface area (Å²) >= 11 is 0. The lowest BCUT2D eigenvalue weighted by Gasteiger charge is -2.02. The Hall–Kier alpha value is -1.19. The molecule has 2 N–H and O–H groups in total. The van der Waals surface area contributed by atoms with Crippen LogP contribution in [0.1, 0.15) is 0 Å².